The summed E-state index contributed by atoms with van der Waals surface area (Å²) in [6.45, 7) is 0. The first-order valence-electron chi connectivity index (χ1n) is 5.06. The highest BCUT2D eigenvalue weighted by Crippen LogP contribution is 2.29. The maximum Gasteiger partial charge on any atom is 0.0295 e. The summed E-state index contributed by atoms with van der Waals surface area (Å²) in [4.78, 5) is 1.40. The Morgan fingerprint density at radius 1 is 1.67 bits per heavy atom. The molecule has 0 bridgehead atoms. The fraction of sp³-hybridized carbons (Fsp3) is 0.600. The molecule has 1 saturated heterocycles. The molecule has 0 spiro atoms. The van der Waals surface area contributed by atoms with E-state index in [4.69, 9.17) is 5.84 Å². The van der Waals surface area contributed by atoms with Crippen molar-refractivity contribution in [3.8, 4) is 0 Å². The summed E-state index contributed by atoms with van der Waals surface area (Å²) in [7, 11) is 0. The number of hydrazine groups is 1. The summed E-state index contributed by atoms with van der Waals surface area (Å²) >= 11 is 7.33. The molecule has 0 saturated carbocycles. The maximum atomic E-state index is 5.64. The fourth-order valence-electron chi connectivity index (χ4n) is 1.91. The summed E-state index contributed by atoms with van der Waals surface area (Å²) in [5.74, 6) is 8.92. The van der Waals surface area contributed by atoms with E-state index in [9.17, 15) is 0 Å². The van der Waals surface area contributed by atoms with E-state index >= 15 is 0 Å². The monoisotopic (exact) mass is 306 g/mol. The Hall–Kier alpha value is 0.450. The van der Waals surface area contributed by atoms with Crippen molar-refractivity contribution in [2.45, 2.75) is 18.9 Å². The lowest BCUT2D eigenvalue weighted by Crippen LogP contribution is -2.42. The van der Waals surface area contributed by atoms with Gasteiger partial charge in [0.25, 0.3) is 0 Å². The first kappa shape index (κ1) is 11.9. The third-order valence-electron chi connectivity index (χ3n) is 2.79. The summed E-state index contributed by atoms with van der Waals surface area (Å²) in [5.41, 5.74) is 2.98. The van der Waals surface area contributed by atoms with Crippen LogP contribution in [0.1, 0.15) is 11.3 Å². The van der Waals surface area contributed by atoms with Crippen LogP contribution in [0.15, 0.2) is 15.9 Å². The largest absolute Gasteiger partial charge is 0.271 e. The Bertz CT molecular complexity index is 310. The summed E-state index contributed by atoms with van der Waals surface area (Å²) in [5, 5.41) is 2.13. The zero-order valence-corrected chi connectivity index (χ0v) is 11.6. The lowest BCUT2D eigenvalue weighted by atomic mass is 9.96. The van der Waals surface area contributed by atoms with Gasteiger partial charge >= 0.3 is 0 Å². The van der Waals surface area contributed by atoms with Gasteiger partial charge in [0.1, 0.15) is 0 Å². The molecule has 0 amide bonds. The number of nitrogens with one attached hydrogen (secondary N) is 1. The average molecular weight is 307 g/mol. The highest BCUT2D eigenvalue weighted by Gasteiger charge is 2.24. The van der Waals surface area contributed by atoms with Crippen molar-refractivity contribution in [1.29, 1.82) is 0 Å². The van der Waals surface area contributed by atoms with Crippen LogP contribution in [0, 0.1) is 5.92 Å². The summed E-state index contributed by atoms with van der Waals surface area (Å²) in [6.07, 6.45) is 2.35. The zero-order valence-electron chi connectivity index (χ0n) is 8.41. The second-order valence-electron chi connectivity index (χ2n) is 3.83. The third-order valence-corrected chi connectivity index (χ3v) is 5.70. The molecule has 15 heavy (non-hydrogen) atoms. The minimum atomic E-state index is 0.436. The van der Waals surface area contributed by atoms with E-state index in [1.165, 1.54) is 27.3 Å². The minimum absolute atomic E-state index is 0.436. The number of nitrogens with two attached hydrogens (primary N) is 1. The molecule has 3 N–H and O–H groups in total. The van der Waals surface area contributed by atoms with Crippen LogP contribution < -0.4 is 11.3 Å². The molecule has 0 aliphatic carbocycles. The first-order chi connectivity index (χ1) is 7.29. The van der Waals surface area contributed by atoms with E-state index in [0.29, 0.717) is 6.04 Å². The van der Waals surface area contributed by atoms with Crippen molar-refractivity contribution >= 4 is 39.0 Å². The van der Waals surface area contributed by atoms with Gasteiger partial charge in [0.05, 0.1) is 0 Å². The van der Waals surface area contributed by atoms with Crippen molar-refractivity contribution in [3.05, 3.63) is 20.8 Å². The number of hydrogen-bond acceptors (Lipinski definition) is 4. The number of thiophene rings is 1. The molecule has 1 aromatic rings. The van der Waals surface area contributed by atoms with Gasteiger partial charge in [0.15, 0.2) is 0 Å². The molecule has 5 heteroatoms. The van der Waals surface area contributed by atoms with Gasteiger partial charge in [-0.1, -0.05) is 0 Å². The second kappa shape index (κ2) is 5.68. The van der Waals surface area contributed by atoms with Crippen LogP contribution in [-0.2, 0) is 6.42 Å². The van der Waals surface area contributed by atoms with E-state index in [1.807, 2.05) is 11.8 Å². The average Bonchev–Trinajstić information content (AvgIpc) is 2.85. The highest BCUT2D eigenvalue weighted by atomic mass is 79.9. The Balaban J connectivity index is 1.95. The molecule has 0 aromatic carbocycles. The molecule has 1 fully saturated rings. The van der Waals surface area contributed by atoms with Crippen molar-refractivity contribution in [2.75, 3.05) is 11.5 Å². The quantitative estimate of drug-likeness (QED) is 0.663. The minimum Gasteiger partial charge on any atom is -0.271 e. The number of thioether (sulfide) groups is 1. The van der Waals surface area contributed by atoms with Crippen molar-refractivity contribution in [1.82, 2.24) is 5.43 Å². The molecule has 1 aromatic heterocycles. The van der Waals surface area contributed by atoms with E-state index in [0.717, 1.165) is 12.3 Å². The molecule has 84 valence electrons. The second-order valence-corrected chi connectivity index (χ2v) is 6.89. The predicted octanol–water partition coefficient (Wildman–Crippen LogP) is 2.64. The lowest BCUT2D eigenvalue weighted by Gasteiger charge is -2.21. The maximum absolute atomic E-state index is 5.64. The third kappa shape index (κ3) is 3.20. The van der Waals surface area contributed by atoms with Gasteiger partial charge in [-0.15, -0.1) is 11.3 Å². The molecule has 1 aliphatic rings. The number of rotatable bonds is 4. The lowest BCUT2D eigenvalue weighted by molar-refractivity contribution is 0.388. The van der Waals surface area contributed by atoms with Gasteiger partial charge in [-0.25, -0.2) is 0 Å². The smallest absolute Gasteiger partial charge is 0.0295 e. The molecular weight excluding hydrogens is 292 g/mol. The fourth-order valence-corrected chi connectivity index (χ4v) is 4.76. The molecule has 2 rings (SSSR count). The van der Waals surface area contributed by atoms with Gasteiger partial charge < -0.3 is 0 Å². The normalized spacial score (nSPS) is 23.2. The van der Waals surface area contributed by atoms with Gasteiger partial charge in [-0.2, -0.15) is 11.8 Å². The molecule has 1 aliphatic heterocycles. The van der Waals surface area contributed by atoms with Crippen LogP contribution in [-0.4, -0.2) is 17.5 Å². The Morgan fingerprint density at radius 3 is 3.07 bits per heavy atom. The van der Waals surface area contributed by atoms with Gasteiger partial charge in [0.2, 0.25) is 0 Å². The Morgan fingerprint density at radius 2 is 2.53 bits per heavy atom. The Labute approximate surface area is 107 Å². The summed E-state index contributed by atoms with van der Waals surface area (Å²) < 4.78 is 1.18. The van der Waals surface area contributed by atoms with Crippen LogP contribution in [0.4, 0.5) is 0 Å². The highest BCUT2D eigenvalue weighted by molar-refractivity contribution is 9.10. The summed E-state index contributed by atoms with van der Waals surface area (Å²) in [6, 6.07) is 2.63. The van der Waals surface area contributed by atoms with E-state index in [1.54, 1.807) is 11.3 Å². The molecule has 2 atom stereocenters. The van der Waals surface area contributed by atoms with Crippen LogP contribution in [0.2, 0.25) is 0 Å². The first-order valence-corrected chi connectivity index (χ1v) is 7.89. The standard InChI is InChI=1S/C10H15BrN2S2/c11-8-3-9(15-6-8)4-10(13-12)7-1-2-14-5-7/h3,6-7,10,13H,1-2,4-5,12H2. The van der Waals surface area contributed by atoms with Crippen LogP contribution in [0.25, 0.3) is 0 Å². The van der Waals surface area contributed by atoms with Gasteiger partial charge in [-0.3, -0.25) is 11.3 Å². The van der Waals surface area contributed by atoms with Gasteiger partial charge in [0, 0.05) is 20.8 Å². The van der Waals surface area contributed by atoms with Crippen LogP contribution in [0.5, 0.6) is 0 Å². The molecular formula is C10H15BrN2S2. The van der Waals surface area contributed by atoms with Crippen LogP contribution in [0.3, 0.4) is 0 Å². The predicted molar refractivity (Wildman–Crippen MR) is 72.3 cm³/mol. The van der Waals surface area contributed by atoms with Crippen molar-refractivity contribution in [2.24, 2.45) is 11.8 Å². The topological polar surface area (TPSA) is 38.0 Å². The van der Waals surface area contributed by atoms with Crippen molar-refractivity contribution < 1.29 is 0 Å². The van der Waals surface area contributed by atoms with E-state index in [-0.39, 0.29) is 0 Å². The molecule has 2 nitrogen and oxygen atoms in total. The zero-order chi connectivity index (χ0) is 10.7. The van der Waals surface area contributed by atoms with Crippen molar-refractivity contribution in [3.63, 3.8) is 0 Å². The van der Waals surface area contributed by atoms with E-state index < -0.39 is 0 Å². The molecule has 2 unspecified atom stereocenters. The Kier molecular flexibility index (Phi) is 4.52. The molecule has 2 heterocycles. The van der Waals surface area contributed by atoms with Crippen LogP contribution >= 0.6 is 39.0 Å². The molecule has 0 radical (unpaired) electrons. The SMILES string of the molecule is NNC(Cc1cc(Br)cs1)C1CCSC1. The number of halogens is 1. The van der Waals surface area contributed by atoms with E-state index in [2.05, 4.69) is 32.8 Å². The van der Waals surface area contributed by atoms with Gasteiger partial charge in [-0.05, 0) is 52.3 Å². The number of hydrogen-bond donors (Lipinski definition) is 2.